The number of carbonyl (C=O) groups excluding carboxylic acids is 1. The van der Waals surface area contributed by atoms with Gasteiger partial charge < -0.3 is 5.32 Å². The monoisotopic (exact) mass is 246 g/mol. The highest BCUT2D eigenvalue weighted by Gasteiger charge is 2.13. The molecular formula is C11H14N6O. The van der Waals surface area contributed by atoms with E-state index in [1.807, 2.05) is 19.1 Å². The molecule has 1 atom stereocenters. The van der Waals surface area contributed by atoms with E-state index in [-0.39, 0.29) is 11.9 Å². The number of nitrogens with zero attached hydrogens (tertiary/aromatic N) is 4. The SMILES string of the molecule is CC(NC(=O)CCc1cccnc1)c1nn[nH]n1. The van der Waals surface area contributed by atoms with Gasteiger partial charge >= 0.3 is 0 Å². The number of tetrazole rings is 1. The Morgan fingerprint density at radius 3 is 3.11 bits per heavy atom. The van der Waals surface area contributed by atoms with Crippen LogP contribution in [-0.4, -0.2) is 31.5 Å². The molecule has 2 aromatic heterocycles. The average Bonchev–Trinajstić information content (AvgIpc) is 2.91. The van der Waals surface area contributed by atoms with Crippen LogP contribution in [0, 0.1) is 0 Å². The van der Waals surface area contributed by atoms with Gasteiger partial charge in [-0.05, 0) is 25.0 Å². The van der Waals surface area contributed by atoms with Crippen molar-refractivity contribution in [1.82, 2.24) is 30.9 Å². The van der Waals surface area contributed by atoms with E-state index in [2.05, 4.69) is 30.9 Å². The zero-order valence-electron chi connectivity index (χ0n) is 10.00. The summed E-state index contributed by atoms with van der Waals surface area (Å²) in [4.78, 5) is 15.7. The Hall–Kier alpha value is -2.31. The molecule has 0 aliphatic rings. The number of hydrogen-bond acceptors (Lipinski definition) is 5. The van der Waals surface area contributed by atoms with E-state index in [1.54, 1.807) is 12.4 Å². The highest BCUT2D eigenvalue weighted by molar-refractivity contribution is 5.76. The lowest BCUT2D eigenvalue weighted by Gasteiger charge is -2.09. The van der Waals surface area contributed by atoms with Gasteiger partial charge in [0, 0.05) is 18.8 Å². The lowest BCUT2D eigenvalue weighted by atomic mass is 10.1. The Morgan fingerprint density at radius 1 is 1.56 bits per heavy atom. The number of carbonyl (C=O) groups is 1. The first-order valence-corrected chi connectivity index (χ1v) is 5.67. The molecule has 0 aliphatic carbocycles. The van der Waals surface area contributed by atoms with E-state index in [1.165, 1.54) is 0 Å². The molecule has 0 bridgehead atoms. The lowest BCUT2D eigenvalue weighted by molar-refractivity contribution is -0.121. The van der Waals surface area contributed by atoms with E-state index in [0.717, 1.165) is 5.56 Å². The fourth-order valence-corrected chi connectivity index (χ4v) is 1.54. The summed E-state index contributed by atoms with van der Waals surface area (Å²) in [5.74, 6) is 0.431. The van der Waals surface area contributed by atoms with Gasteiger partial charge in [0.25, 0.3) is 0 Å². The van der Waals surface area contributed by atoms with Gasteiger partial charge in [0.1, 0.15) is 0 Å². The van der Waals surface area contributed by atoms with Gasteiger partial charge in [-0.25, -0.2) is 0 Å². The van der Waals surface area contributed by atoms with Gasteiger partial charge in [0.15, 0.2) is 5.82 Å². The Bertz CT molecular complexity index is 483. The zero-order valence-corrected chi connectivity index (χ0v) is 10.00. The summed E-state index contributed by atoms with van der Waals surface area (Å²) in [5.41, 5.74) is 1.04. The van der Waals surface area contributed by atoms with Crippen molar-refractivity contribution in [1.29, 1.82) is 0 Å². The molecule has 0 aliphatic heterocycles. The van der Waals surface area contributed by atoms with E-state index in [4.69, 9.17) is 0 Å². The second-order valence-electron chi connectivity index (χ2n) is 3.92. The van der Waals surface area contributed by atoms with Crippen LogP contribution in [0.25, 0.3) is 0 Å². The zero-order chi connectivity index (χ0) is 12.8. The van der Waals surface area contributed by atoms with Gasteiger partial charge in [-0.2, -0.15) is 5.21 Å². The van der Waals surface area contributed by atoms with Crippen LogP contribution in [0.1, 0.15) is 30.8 Å². The van der Waals surface area contributed by atoms with Crippen molar-refractivity contribution in [2.75, 3.05) is 0 Å². The molecule has 0 spiro atoms. The van der Waals surface area contributed by atoms with Gasteiger partial charge in [-0.3, -0.25) is 9.78 Å². The van der Waals surface area contributed by atoms with Crippen LogP contribution in [0.3, 0.4) is 0 Å². The minimum atomic E-state index is -0.245. The number of hydrogen-bond donors (Lipinski definition) is 2. The van der Waals surface area contributed by atoms with Crippen molar-refractivity contribution in [3.05, 3.63) is 35.9 Å². The molecule has 0 saturated carbocycles. The van der Waals surface area contributed by atoms with E-state index < -0.39 is 0 Å². The highest BCUT2D eigenvalue weighted by Crippen LogP contribution is 2.05. The largest absolute Gasteiger partial charge is 0.346 e. The third-order valence-electron chi connectivity index (χ3n) is 2.49. The van der Waals surface area contributed by atoms with Crippen LogP contribution in [0.5, 0.6) is 0 Å². The molecule has 0 aromatic carbocycles. The molecule has 94 valence electrons. The number of rotatable bonds is 5. The minimum absolute atomic E-state index is 0.0452. The summed E-state index contributed by atoms with van der Waals surface area (Å²) in [5, 5.41) is 16.2. The summed E-state index contributed by atoms with van der Waals surface area (Å²) >= 11 is 0. The maximum atomic E-state index is 11.7. The van der Waals surface area contributed by atoms with E-state index >= 15 is 0 Å². The number of H-pyrrole nitrogens is 1. The van der Waals surface area contributed by atoms with Crippen molar-refractivity contribution in [3.8, 4) is 0 Å². The second kappa shape index (κ2) is 5.85. The van der Waals surface area contributed by atoms with E-state index in [0.29, 0.717) is 18.7 Å². The lowest BCUT2D eigenvalue weighted by Crippen LogP contribution is -2.27. The summed E-state index contributed by atoms with van der Waals surface area (Å²) in [6, 6.07) is 3.56. The molecule has 7 nitrogen and oxygen atoms in total. The molecule has 2 aromatic rings. The fourth-order valence-electron chi connectivity index (χ4n) is 1.54. The molecule has 2 heterocycles. The Labute approximate surface area is 104 Å². The first kappa shape index (κ1) is 12.2. The number of nitrogens with one attached hydrogen (secondary N) is 2. The van der Waals surface area contributed by atoms with Crippen molar-refractivity contribution in [2.24, 2.45) is 0 Å². The smallest absolute Gasteiger partial charge is 0.220 e. The summed E-state index contributed by atoms with van der Waals surface area (Å²) in [6.07, 6.45) is 4.55. The topological polar surface area (TPSA) is 96.5 Å². The van der Waals surface area contributed by atoms with Crippen LogP contribution in [0.4, 0.5) is 0 Å². The van der Waals surface area contributed by atoms with Crippen LogP contribution in [0.15, 0.2) is 24.5 Å². The van der Waals surface area contributed by atoms with Crippen LogP contribution in [-0.2, 0) is 11.2 Å². The molecule has 0 radical (unpaired) electrons. The summed E-state index contributed by atoms with van der Waals surface area (Å²) in [6.45, 7) is 1.81. The third-order valence-corrected chi connectivity index (χ3v) is 2.49. The van der Waals surface area contributed by atoms with Crippen LogP contribution >= 0.6 is 0 Å². The van der Waals surface area contributed by atoms with E-state index in [9.17, 15) is 4.79 Å². The number of pyridine rings is 1. The van der Waals surface area contributed by atoms with Crippen LogP contribution in [0.2, 0.25) is 0 Å². The molecule has 7 heteroatoms. The second-order valence-corrected chi connectivity index (χ2v) is 3.92. The van der Waals surface area contributed by atoms with Gasteiger partial charge in [-0.1, -0.05) is 11.3 Å². The maximum absolute atomic E-state index is 11.7. The molecule has 0 fully saturated rings. The van der Waals surface area contributed by atoms with Crippen molar-refractivity contribution >= 4 is 5.91 Å². The molecular weight excluding hydrogens is 232 g/mol. The minimum Gasteiger partial charge on any atom is -0.346 e. The maximum Gasteiger partial charge on any atom is 0.220 e. The fraction of sp³-hybridized carbons (Fsp3) is 0.364. The molecule has 1 amide bonds. The Kier molecular flexibility index (Phi) is 3.95. The van der Waals surface area contributed by atoms with Crippen molar-refractivity contribution < 1.29 is 4.79 Å². The normalized spacial score (nSPS) is 12.1. The number of aromatic amines is 1. The quantitative estimate of drug-likeness (QED) is 0.796. The standard InChI is InChI=1S/C11H14N6O/c1-8(11-14-16-17-15-11)13-10(18)5-4-9-3-2-6-12-7-9/h2-3,6-8H,4-5H2,1H3,(H,13,18)(H,14,15,16,17). The third kappa shape index (κ3) is 3.34. The van der Waals surface area contributed by atoms with Crippen molar-refractivity contribution in [2.45, 2.75) is 25.8 Å². The predicted molar refractivity (Wildman–Crippen MR) is 63.3 cm³/mol. The summed E-state index contributed by atoms with van der Waals surface area (Å²) in [7, 11) is 0. The molecule has 18 heavy (non-hydrogen) atoms. The predicted octanol–water partition coefficient (Wildman–Crippen LogP) is 0.405. The Balaban J connectivity index is 1.79. The first-order valence-electron chi connectivity index (χ1n) is 5.67. The number of aromatic nitrogens is 5. The van der Waals surface area contributed by atoms with Gasteiger partial charge in [0.2, 0.25) is 5.91 Å². The molecule has 2 rings (SSSR count). The summed E-state index contributed by atoms with van der Waals surface area (Å²) < 4.78 is 0. The van der Waals surface area contributed by atoms with Crippen molar-refractivity contribution in [3.63, 3.8) is 0 Å². The van der Waals surface area contributed by atoms with Gasteiger partial charge in [-0.15, -0.1) is 10.2 Å². The number of aryl methyl sites for hydroxylation is 1. The molecule has 0 saturated heterocycles. The molecule has 1 unspecified atom stereocenters. The number of amides is 1. The first-order chi connectivity index (χ1) is 8.75. The Morgan fingerprint density at radius 2 is 2.44 bits per heavy atom. The molecule has 2 N–H and O–H groups in total. The van der Waals surface area contributed by atoms with Crippen LogP contribution < -0.4 is 5.32 Å². The average molecular weight is 246 g/mol. The highest BCUT2D eigenvalue weighted by atomic mass is 16.1. The van der Waals surface area contributed by atoms with Gasteiger partial charge in [0.05, 0.1) is 6.04 Å².